The molecule has 0 spiro atoms. The van der Waals surface area contributed by atoms with Gasteiger partial charge in [0.2, 0.25) is 0 Å². The first-order chi connectivity index (χ1) is 25.4. The molecule has 0 fully saturated rings. The van der Waals surface area contributed by atoms with E-state index in [1.807, 2.05) is 66.3 Å². The Balaban J connectivity index is 0.00000372. The van der Waals surface area contributed by atoms with Gasteiger partial charge in [-0.25, -0.2) is 9.97 Å². The van der Waals surface area contributed by atoms with Crippen LogP contribution in [0, 0.1) is 18.8 Å². The van der Waals surface area contributed by atoms with Crippen LogP contribution in [0.4, 0.5) is 22.9 Å². The number of rotatable bonds is 5. The van der Waals surface area contributed by atoms with Gasteiger partial charge in [-0.2, -0.15) is 12.1 Å². The molecule has 5 heterocycles. The van der Waals surface area contributed by atoms with Gasteiger partial charge >= 0.3 is 0 Å². The predicted octanol–water partition coefficient (Wildman–Crippen LogP) is 11.6. The largest absolute Gasteiger partial charge is 0.509 e. The first kappa shape index (κ1) is 33.0. The summed E-state index contributed by atoms with van der Waals surface area (Å²) in [5.41, 5.74) is 7.49. The summed E-state index contributed by atoms with van der Waals surface area (Å²) in [6, 6.07) is 48.1. The van der Waals surface area contributed by atoms with Gasteiger partial charge in [0, 0.05) is 61.2 Å². The van der Waals surface area contributed by atoms with Crippen LogP contribution >= 0.6 is 0 Å². The van der Waals surface area contributed by atoms with Crippen LogP contribution in [0.2, 0.25) is 0 Å². The smallest absolute Gasteiger partial charge is 0.156 e. The van der Waals surface area contributed by atoms with Gasteiger partial charge in [0.15, 0.2) is 5.58 Å². The van der Waals surface area contributed by atoms with Crippen LogP contribution in [0.3, 0.4) is 0 Å². The number of benzene rings is 5. The molecule has 0 aliphatic carbocycles. The van der Waals surface area contributed by atoms with Crippen LogP contribution in [-0.2, 0) is 26.5 Å². The van der Waals surface area contributed by atoms with Gasteiger partial charge in [-0.1, -0.05) is 80.5 Å². The van der Waals surface area contributed by atoms with Crippen LogP contribution in [0.5, 0.6) is 11.5 Å². The average molecular weight is 870 g/mol. The first-order valence-electron chi connectivity index (χ1n) is 17.3. The second-order valence-corrected chi connectivity index (χ2v) is 14.0. The number of fused-ring (bicyclic) bond motifs is 7. The Bertz CT molecular complexity index is 2830. The molecule has 5 aromatic carbocycles. The molecule has 53 heavy (non-hydrogen) atoms. The number of hydrogen-bond donors (Lipinski definition) is 0. The molecule has 1 aliphatic rings. The van der Waals surface area contributed by atoms with Crippen molar-refractivity contribution in [2.24, 2.45) is 0 Å². The Kier molecular flexibility index (Phi) is 7.86. The number of para-hydroxylation sites is 3. The minimum absolute atomic E-state index is 0. The van der Waals surface area contributed by atoms with Crippen LogP contribution in [0.25, 0.3) is 49.6 Å². The number of hydrogen-bond acceptors (Lipinski definition) is 6. The van der Waals surface area contributed by atoms with E-state index < -0.39 is 0 Å². The maximum absolute atomic E-state index is 6.51. The number of nitrogens with zero attached hydrogens (tertiary/aromatic N) is 5. The molecule has 0 atom stereocenters. The van der Waals surface area contributed by atoms with E-state index in [0.29, 0.717) is 11.5 Å². The molecule has 8 heteroatoms. The molecule has 0 unspecified atom stereocenters. The van der Waals surface area contributed by atoms with Crippen LogP contribution < -0.4 is 14.5 Å². The monoisotopic (exact) mass is 869 g/mol. The second-order valence-electron chi connectivity index (χ2n) is 14.0. The molecule has 0 radical (unpaired) electrons. The Labute approximate surface area is 321 Å². The van der Waals surface area contributed by atoms with Gasteiger partial charge in [0.1, 0.15) is 17.2 Å². The molecule has 0 bridgehead atoms. The fourth-order valence-corrected chi connectivity index (χ4v) is 7.22. The number of anilines is 4. The van der Waals surface area contributed by atoms with E-state index in [1.54, 1.807) is 6.20 Å². The van der Waals surface area contributed by atoms with E-state index in [1.165, 1.54) is 5.56 Å². The SMILES string of the molecule is CC(C)(C)c1ccnc(-n2c3[c-]c(Oc4[c-]c(N5[CH-]N(c6cccc7c6oc6ccccc67)c6cccnc65)ccc4)ccc3c3ccccc32)c1.[Pt]. The van der Waals surface area contributed by atoms with E-state index >= 15 is 0 Å². The molecule has 4 aromatic heterocycles. The van der Waals surface area contributed by atoms with Gasteiger partial charge in [-0.05, 0) is 58.8 Å². The molecule has 262 valence electrons. The predicted molar refractivity (Wildman–Crippen MR) is 208 cm³/mol. The quantitative estimate of drug-likeness (QED) is 0.161. The average Bonchev–Trinajstić information content (AvgIpc) is 3.84. The normalized spacial score (nSPS) is 12.9. The third kappa shape index (κ3) is 5.46. The number of aromatic nitrogens is 3. The van der Waals surface area contributed by atoms with E-state index in [4.69, 9.17) is 19.1 Å². The molecule has 0 amide bonds. The minimum Gasteiger partial charge on any atom is -0.509 e. The van der Waals surface area contributed by atoms with Crippen molar-refractivity contribution in [2.75, 3.05) is 9.80 Å². The fourth-order valence-electron chi connectivity index (χ4n) is 7.22. The molecule has 7 nitrogen and oxygen atoms in total. The molecule has 0 N–H and O–H groups in total. The maximum atomic E-state index is 6.51. The van der Waals surface area contributed by atoms with Crippen LogP contribution in [0.15, 0.2) is 138 Å². The molecule has 9 aromatic rings. The zero-order valence-corrected chi connectivity index (χ0v) is 31.4. The van der Waals surface area contributed by atoms with E-state index in [9.17, 15) is 0 Å². The van der Waals surface area contributed by atoms with Crippen molar-refractivity contribution in [1.29, 1.82) is 0 Å². The Morgan fingerprint density at radius 3 is 2.32 bits per heavy atom. The third-order valence-corrected chi connectivity index (χ3v) is 9.76. The summed E-state index contributed by atoms with van der Waals surface area (Å²) in [5, 5.41) is 4.37. The minimum atomic E-state index is -0.0180. The molecular weight excluding hydrogens is 838 g/mol. The summed E-state index contributed by atoms with van der Waals surface area (Å²) in [6.07, 6.45) is 3.69. The summed E-state index contributed by atoms with van der Waals surface area (Å²) in [7, 11) is 0. The Morgan fingerprint density at radius 1 is 0.660 bits per heavy atom. The van der Waals surface area contributed by atoms with Crippen molar-refractivity contribution in [3.63, 3.8) is 0 Å². The molecule has 10 rings (SSSR count). The number of furan rings is 1. The fraction of sp³-hybridized carbons (Fsp3) is 0.0889. The van der Waals surface area contributed by atoms with Gasteiger partial charge in [0.25, 0.3) is 0 Å². The van der Waals surface area contributed by atoms with Gasteiger partial charge in [0.05, 0.1) is 11.4 Å². The summed E-state index contributed by atoms with van der Waals surface area (Å²) in [5.74, 6) is 2.78. The standard InChI is InChI=1S/C45H32N5O2.Pt/c1-45(2,3)29-22-24-46-42(25-29)50-37-16-6-4-13-33(37)34-21-20-32(27-40(34)50)51-31-12-8-11-30(26-31)48-28-49(39-18-10-23-47-44(39)48)38-17-9-15-36-35-14-5-7-19-41(35)52-43(36)38;/h4-25,28H,1-3H3;/q-3;. The maximum Gasteiger partial charge on any atom is 0.156 e. The van der Waals surface area contributed by atoms with Crippen molar-refractivity contribution in [1.82, 2.24) is 14.5 Å². The van der Waals surface area contributed by atoms with Crippen molar-refractivity contribution in [3.8, 4) is 17.3 Å². The zero-order chi connectivity index (χ0) is 35.0. The molecule has 0 saturated heterocycles. The van der Waals surface area contributed by atoms with E-state index in [0.717, 1.165) is 72.4 Å². The van der Waals surface area contributed by atoms with E-state index in [-0.39, 0.29) is 26.5 Å². The van der Waals surface area contributed by atoms with Crippen molar-refractivity contribution in [3.05, 3.63) is 158 Å². The topological polar surface area (TPSA) is 59.6 Å². The van der Waals surface area contributed by atoms with Crippen molar-refractivity contribution >= 4 is 66.6 Å². The van der Waals surface area contributed by atoms with Crippen molar-refractivity contribution in [2.45, 2.75) is 26.2 Å². The van der Waals surface area contributed by atoms with Crippen LogP contribution in [0.1, 0.15) is 26.3 Å². The summed E-state index contributed by atoms with van der Waals surface area (Å²) >= 11 is 0. The molecular formula is C45H32N5O2Pt-3. The number of ether oxygens (including phenoxy) is 1. The zero-order valence-electron chi connectivity index (χ0n) is 29.1. The molecule has 0 saturated carbocycles. The van der Waals surface area contributed by atoms with E-state index in [2.05, 4.69) is 115 Å². The number of pyridine rings is 2. The third-order valence-electron chi connectivity index (χ3n) is 9.76. The molecule has 1 aliphatic heterocycles. The summed E-state index contributed by atoms with van der Waals surface area (Å²) < 4.78 is 15.1. The van der Waals surface area contributed by atoms with Gasteiger partial charge < -0.3 is 23.5 Å². The Hall–Kier alpha value is -5.91. The second kappa shape index (κ2) is 12.6. The van der Waals surface area contributed by atoms with Gasteiger partial charge in [-0.15, -0.1) is 42.4 Å². The van der Waals surface area contributed by atoms with Crippen molar-refractivity contribution < 1.29 is 30.2 Å². The van der Waals surface area contributed by atoms with Crippen LogP contribution in [-0.4, -0.2) is 14.5 Å². The summed E-state index contributed by atoms with van der Waals surface area (Å²) in [6.45, 7) is 8.68. The first-order valence-corrected chi connectivity index (χ1v) is 17.3. The Morgan fingerprint density at radius 2 is 1.43 bits per heavy atom. The van der Waals surface area contributed by atoms with Gasteiger partial charge in [-0.3, -0.25) is 0 Å². The summed E-state index contributed by atoms with van der Waals surface area (Å²) in [4.78, 5) is 13.8.